The third-order valence-electron chi connectivity index (χ3n) is 6.96. The van der Waals surface area contributed by atoms with Crippen molar-refractivity contribution in [3.8, 4) is 22.6 Å². The predicted molar refractivity (Wildman–Crippen MR) is 143 cm³/mol. The van der Waals surface area contributed by atoms with E-state index in [-0.39, 0.29) is 19.1 Å². The summed E-state index contributed by atoms with van der Waals surface area (Å²) >= 11 is 0. The van der Waals surface area contributed by atoms with Crippen LogP contribution in [0.25, 0.3) is 11.1 Å². The molecule has 5 rings (SSSR count). The van der Waals surface area contributed by atoms with Crippen LogP contribution < -0.4 is 9.47 Å². The number of methoxy groups -OCH3 is 1. The van der Waals surface area contributed by atoms with Crippen molar-refractivity contribution in [2.75, 3.05) is 13.7 Å². The van der Waals surface area contributed by atoms with Gasteiger partial charge in [0, 0.05) is 17.5 Å². The van der Waals surface area contributed by atoms with Crippen LogP contribution in [0.4, 0.5) is 4.79 Å². The van der Waals surface area contributed by atoms with Gasteiger partial charge in [0.25, 0.3) is 0 Å². The van der Waals surface area contributed by atoms with Gasteiger partial charge < -0.3 is 18.9 Å². The number of hydrogen-bond acceptors (Lipinski definition) is 6. The molecule has 3 aromatic rings. The largest absolute Gasteiger partial charge is 0.497 e. The van der Waals surface area contributed by atoms with Crippen LogP contribution in [-0.4, -0.2) is 48.4 Å². The first-order chi connectivity index (χ1) is 18.2. The van der Waals surface area contributed by atoms with E-state index in [9.17, 15) is 9.59 Å². The number of carbonyl (C=O) groups excluding carboxylic acids is 2. The maximum absolute atomic E-state index is 13.7. The van der Waals surface area contributed by atoms with Crippen LogP contribution in [0.2, 0.25) is 0 Å². The molecule has 1 amide bonds. The maximum atomic E-state index is 13.7. The molecular formula is C31H33NO6. The summed E-state index contributed by atoms with van der Waals surface area (Å²) in [7, 11) is 1.55. The molecule has 0 unspecified atom stereocenters. The highest BCUT2D eigenvalue weighted by Crippen LogP contribution is 2.44. The molecule has 2 aliphatic rings. The molecule has 0 fully saturated rings. The summed E-state index contributed by atoms with van der Waals surface area (Å²) in [4.78, 5) is 28.5. The molecule has 0 bridgehead atoms. The van der Waals surface area contributed by atoms with Crippen molar-refractivity contribution >= 4 is 12.1 Å². The van der Waals surface area contributed by atoms with Crippen LogP contribution in [0.1, 0.15) is 50.3 Å². The van der Waals surface area contributed by atoms with Gasteiger partial charge in [-0.2, -0.15) is 0 Å². The second-order valence-electron chi connectivity index (χ2n) is 10.7. The first kappa shape index (κ1) is 25.8. The highest BCUT2D eigenvalue weighted by Gasteiger charge is 2.42. The highest BCUT2D eigenvalue weighted by atomic mass is 16.6. The van der Waals surface area contributed by atoms with Crippen LogP contribution in [-0.2, 0) is 20.8 Å². The molecule has 0 saturated heterocycles. The lowest BCUT2D eigenvalue weighted by atomic mass is 9.98. The minimum Gasteiger partial charge on any atom is -0.497 e. The number of amides is 1. The van der Waals surface area contributed by atoms with Gasteiger partial charge in [0.1, 0.15) is 18.1 Å². The second-order valence-corrected chi connectivity index (χ2v) is 10.7. The molecule has 1 aliphatic heterocycles. The van der Waals surface area contributed by atoms with Gasteiger partial charge >= 0.3 is 12.1 Å². The fourth-order valence-corrected chi connectivity index (χ4v) is 5.39. The van der Waals surface area contributed by atoms with E-state index in [1.54, 1.807) is 32.2 Å². The lowest BCUT2D eigenvalue weighted by Gasteiger charge is -2.34. The third-order valence-corrected chi connectivity index (χ3v) is 6.96. The van der Waals surface area contributed by atoms with Crippen molar-refractivity contribution in [3.63, 3.8) is 0 Å². The average Bonchev–Trinajstić information content (AvgIpc) is 3.11. The van der Waals surface area contributed by atoms with Gasteiger partial charge in [-0.3, -0.25) is 4.90 Å². The van der Waals surface area contributed by atoms with Crippen molar-refractivity contribution in [2.24, 2.45) is 0 Å². The van der Waals surface area contributed by atoms with E-state index >= 15 is 0 Å². The Hall–Kier alpha value is -3.84. The number of ether oxygens (including phenoxy) is 4. The molecule has 0 aromatic heterocycles. The molecule has 7 nitrogen and oxygen atoms in total. The lowest BCUT2D eigenvalue weighted by Crippen LogP contribution is -2.53. The van der Waals surface area contributed by atoms with E-state index in [0.717, 1.165) is 22.3 Å². The number of benzene rings is 3. The first-order valence-electron chi connectivity index (χ1n) is 12.8. The minimum absolute atomic E-state index is 0.0940. The minimum atomic E-state index is -0.997. The molecule has 0 N–H and O–H groups in total. The third kappa shape index (κ3) is 4.98. The van der Waals surface area contributed by atoms with Gasteiger partial charge in [-0.25, -0.2) is 9.59 Å². The Morgan fingerprint density at radius 3 is 2.26 bits per heavy atom. The first-order valence-corrected chi connectivity index (χ1v) is 12.8. The smallest absolute Gasteiger partial charge is 0.410 e. The second kappa shape index (κ2) is 10.1. The van der Waals surface area contributed by atoms with Crippen molar-refractivity contribution in [3.05, 3.63) is 83.4 Å². The van der Waals surface area contributed by atoms with Crippen molar-refractivity contribution in [2.45, 2.75) is 57.9 Å². The van der Waals surface area contributed by atoms with Crippen molar-refractivity contribution in [1.82, 2.24) is 4.90 Å². The lowest BCUT2D eigenvalue weighted by molar-refractivity contribution is -0.150. The topological polar surface area (TPSA) is 74.3 Å². The van der Waals surface area contributed by atoms with Gasteiger partial charge in [0.15, 0.2) is 6.04 Å². The molecule has 7 heteroatoms. The van der Waals surface area contributed by atoms with Crippen LogP contribution >= 0.6 is 0 Å². The molecule has 1 heterocycles. The SMILES string of the molecule is COc1ccc2c(c1)OC(=O)[C@H]([C@@H](C)OC(C)(C)C)N(C(=O)OCC1c3ccccc3-c3ccccc31)C2. The van der Waals surface area contributed by atoms with E-state index in [2.05, 4.69) is 24.3 Å². The Bertz CT molecular complexity index is 1310. The summed E-state index contributed by atoms with van der Waals surface area (Å²) in [6.07, 6.45) is -1.24. The Morgan fingerprint density at radius 1 is 1.03 bits per heavy atom. The summed E-state index contributed by atoms with van der Waals surface area (Å²) < 4.78 is 23.1. The zero-order chi connectivity index (χ0) is 27.0. The molecule has 0 saturated carbocycles. The molecule has 38 heavy (non-hydrogen) atoms. The fraction of sp³-hybridized carbons (Fsp3) is 0.355. The van der Waals surface area contributed by atoms with Crippen LogP contribution in [0.15, 0.2) is 66.7 Å². The van der Waals surface area contributed by atoms with Gasteiger partial charge in [-0.15, -0.1) is 0 Å². The molecular weight excluding hydrogens is 482 g/mol. The average molecular weight is 516 g/mol. The molecule has 0 spiro atoms. The molecule has 198 valence electrons. The number of rotatable bonds is 5. The Morgan fingerprint density at radius 2 is 1.66 bits per heavy atom. The Balaban J connectivity index is 1.44. The monoisotopic (exact) mass is 515 g/mol. The van der Waals surface area contributed by atoms with Crippen LogP contribution in [0.3, 0.4) is 0 Å². The van der Waals surface area contributed by atoms with E-state index in [1.165, 1.54) is 4.90 Å². The standard InChI is InChI=1S/C31H33NO6/c1-19(38-31(2,3)4)28-29(33)37-27-16-21(35-5)15-14-20(27)17-32(28)30(34)36-18-26-24-12-8-6-10-22(24)23-11-7-9-13-25(23)26/h6-16,19,26,28H,17-18H2,1-5H3/t19-,28+/m1/s1. The quantitative estimate of drug-likeness (QED) is 0.309. The van der Waals surface area contributed by atoms with E-state index in [4.69, 9.17) is 18.9 Å². The van der Waals surface area contributed by atoms with E-state index in [0.29, 0.717) is 17.1 Å². The number of esters is 1. The zero-order valence-electron chi connectivity index (χ0n) is 22.4. The molecule has 1 aliphatic carbocycles. The predicted octanol–water partition coefficient (Wildman–Crippen LogP) is 5.94. The summed E-state index contributed by atoms with van der Waals surface area (Å²) in [5, 5.41) is 0. The molecule has 0 radical (unpaired) electrons. The summed E-state index contributed by atoms with van der Waals surface area (Å²) in [5.74, 6) is 0.240. The van der Waals surface area contributed by atoms with Gasteiger partial charge in [0.2, 0.25) is 0 Å². The van der Waals surface area contributed by atoms with E-state index in [1.807, 2.05) is 45.0 Å². The molecule has 3 aromatic carbocycles. The Labute approximate surface area is 223 Å². The van der Waals surface area contributed by atoms with Gasteiger partial charge in [-0.1, -0.05) is 48.5 Å². The van der Waals surface area contributed by atoms with Crippen molar-refractivity contribution in [1.29, 1.82) is 0 Å². The summed E-state index contributed by atoms with van der Waals surface area (Å²) in [6, 6.07) is 20.6. The van der Waals surface area contributed by atoms with Crippen molar-refractivity contribution < 1.29 is 28.5 Å². The number of nitrogens with zero attached hydrogens (tertiary/aromatic N) is 1. The van der Waals surface area contributed by atoms with Gasteiger partial charge in [-0.05, 0) is 62.1 Å². The maximum Gasteiger partial charge on any atom is 0.410 e. The number of carbonyl (C=O) groups is 2. The zero-order valence-corrected chi connectivity index (χ0v) is 22.4. The molecule has 2 atom stereocenters. The number of fused-ring (bicyclic) bond motifs is 4. The normalized spacial score (nSPS) is 17.6. The Kier molecular flexibility index (Phi) is 6.88. The summed E-state index contributed by atoms with van der Waals surface area (Å²) in [6.45, 7) is 7.77. The highest BCUT2D eigenvalue weighted by molar-refractivity contribution is 5.85. The van der Waals surface area contributed by atoms with Crippen LogP contribution in [0, 0.1) is 0 Å². The summed E-state index contributed by atoms with van der Waals surface area (Å²) in [5.41, 5.74) is 4.68. The van der Waals surface area contributed by atoms with Gasteiger partial charge in [0.05, 0.1) is 25.4 Å². The van der Waals surface area contributed by atoms with E-state index < -0.39 is 29.8 Å². The van der Waals surface area contributed by atoms with Crippen LogP contribution in [0.5, 0.6) is 11.5 Å². The number of hydrogen-bond donors (Lipinski definition) is 0. The fourth-order valence-electron chi connectivity index (χ4n) is 5.39.